The molecule has 0 spiro atoms. The van der Waals surface area contributed by atoms with Gasteiger partial charge in [-0.3, -0.25) is 0 Å². The molecule has 0 N–H and O–H groups in total. The van der Waals surface area contributed by atoms with E-state index in [1.165, 1.54) is 16.7 Å². The van der Waals surface area contributed by atoms with Gasteiger partial charge in [-0.15, -0.1) is 0 Å². The van der Waals surface area contributed by atoms with Gasteiger partial charge in [-0.25, -0.2) is 4.39 Å². The minimum atomic E-state index is -0.158. The predicted molar refractivity (Wildman–Crippen MR) is 103 cm³/mol. The van der Waals surface area contributed by atoms with E-state index < -0.39 is 0 Å². The highest BCUT2D eigenvalue weighted by Gasteiger charge is 2.22. The first kappa shape index (κ1) is 15.8. The average Bonchev–Trinajstić information content (AvgIpc) is 2.95. The first-order valence-corrected chi connectivity index (χ1v) is 8.88. The lowest BCUT2D eigenvalue weighted by molar-refractivity contribution is 0.628. The molecule has 2 aromatic rings. The Morgan fingerprint density at radius 3 is 2.64 bits per heavy atom. The molecule has 0 nitrogen and oxygen atoms in total. The summed E-state index contributed by atoms with van der Waals surface area (Å²) in [5, 5.41) is 0. The van der Waals surface area contributed by atoms with Crippen molar-refractivity contribution < 1.29 is 4.39 Å². The summed E-state index contributed by atoms with van der Waals surface area (Å²) in [7, 11) is 0. The van der Waals surface area contributed by atoms with Crippen molar-refractivity contribution in [2.45, 2.75) is 25.7 Å². The summed E-state index contributed by atoms with van der Waals surface area (Å²) < 4.78 is 14.8. The van der Waals surface area contributed by atoms with Gasteiger partial charge in [0.05, 0.1) is 0 Å². The summed E-state index contributed by atoms with van der Waals surface area (Å²) in [5.74, 6) is -0.0393. The van der Waals surface area contributed by atoms with Crippen LogP contribution in [-0.4, -0.2) is 0 Å². The van der Waals surface area contributed by atoms with Gasteiger partial charge >= 0.3 is 0 Å². The lowest BCUT2D eigenvalue weighted by atomic mass is 9.88. The second-order valence-corrected chi connectivity index (χ2v) is 6.64. The maximum Gasteiger partial charge on any atom is 0.131 e. The molecule has 0 aromatic heterocycles. The molecule has 124 valence electrons. The van der Waals surface area contributed by atoms with Crippen LogP contribution in [0.1, 0.15) is 31.2 Å². The molecular formula is C24H21F. The van der Waals surface area contributed by atoms with Gasteiger partial charge in [0.15, 0.2) is 0 Å². The van der Waals surface area contributed by atoms with Crippen LogP contribution in [-0.2, 0) is 0 Å². The standard InChI is InChI=1S/C24H21F/c1-2-17-14-19-10-6-7-11-21(23(19)15-17)20-12-13-22(24(25)16-20)18-8-4-3-5-9-18/h3-13,15-16,21H,2,14H2,1H3. The number of benzene rings is 2. The molecule has 0 saturated carbocycles. The Hall–Kier alpha value is -2.67. The Morgan fingerprint density at radius 2 is 1.88 bits per heavy atom. The molecule has 2 aromatic carbocycles. The predicted octanol–water partition coefficient (Wildman–Crippen LogP) is 6.74. The van der Waals surface area contributed by atoms with Gasteiger partial charge in [0, 0.05) is 11.5 Å². The van der Waals surface area contributed by atoms with E-state index in [9.17, 15) is 4.39 Å². The first-order chi connectivity index (χ1) is 12.3. The van der Waals surface area contributed by atoms with Crippen LogP contribution in [0.25, 0.3) is 11.1 Å². The third kappa shape index (κ3) is 3.02. The fraction of sp³-hybridized carbons (Fsp3) is 0.167. The van der Waals surface area contributed by atoms with Gasteiger partial charge in [0.25, 0.3) is 0 Å². The Balaban J connectivity index is 1.73. The minimum Gasteiger partial charge on any atom is -0.206 e. The summed E-state index contributed by atoms with van der Waals surface area (Å²) in [5.41, 5.74) is 6.71. The molecular weight excluding hydrogens is 307 g/mol. The van der Waals surface area contributed by atoms with Crippen molar-refractivity contribution in [2.75, 3.05) is 0 Å². The molecule has 2 aliphatic rings. The molecule has 0 radical (unpaired) electrons. The summed E-state index contributed by atoms with van der Waals surface area (Å²) in [6, 6.07) is 15.4. The highest BCUT2D eigenvalue weighted by molar-refractivity contribution is 5.65. The normalized spacial score (nSPS) is 19.0. The van der Waals surface area contributed by atoms with E-state index in [1.54, 1.807) is 6.07 Å². The van der Waals surface area contributed by atoms with Crippen LogP contribution in [0, 0.1) is 5.82 Å². The second kappa shape index (κ2) is 6.68. The van der Waals surface area contributed by atoms with Crippen molar-refractivity contribution >= 4 is 0 Å². The molecule has 0 heterocycles. The van der Waals surface area contributed by atoms with Crippen LogP contribution in [0.4, 0.5) is 4.39 Å². The van der Waals surface area contributed by atoms with Crippen LogP contribution >= 0.6 is 0 Å². The summed E-state index contributed by atoms with van der Waals surface area (Å²) in [6.07, 6.45) is 12.9. The maximum absolute atomic E-state index is 14.8. The molecule has 0 amide bonds. The third-order valence-electron chi connectivity index (χ3n) is 5.09. The van der Waals surface area contributed by atoms with E-state index in [0.717, 1.165) is 24.0 Å². The lowest BCUT2D eigenvalue weighted by Gasteiger charge is -2.16. The van der Waals surface area contributed by atoms with Crippen molar-refractivity contribution in [3.63, 3.8) is 0 Å². The van der Waals surface area contributed by atoms with Gasteiger partial charge in [-0.1, -0.05) is 85.3 Å². The topological polar surface area (TPSA) is 0 Å². The Labute approximate surface area is 148 Å². The summed E-state index contributed by atoms with van der Waals surface area (Å²) in [4.78, 5) is 0. The largest absolute Gasteiger partial charge is 0.206 e. The van der Waals surface area contributed by atoms with Crippen molar-refractivity contribution in [1.82, 2.24) is 0 Å². The Morgan fingerprint density at radius 1 is 1.04 bits per heavy atom. The summed E-state index contributed by atoms with van der Waals surface area (Å²) >= 11 is 0. The average molecular weight is 328 g/mol. The van der Waals surface area contributed by atoms with Gasteiger partial charge in [0.2, 0.25) is 0 Å². The molecule has 1 atom stereocenters. The van der Waals surface area contributed by atoms with Crippen LogP contribution in [0.3, 0.4) is 0 Å². The molecule has 2 aliphatic carbocycles. The fourth-order valence-electron chi connectivity index (χ4n) is 3.70. The Kier molecular flexibility index (Phi) is 4.23. The smallest absolute Gasteiger partial charge is 0.131 e. The quantitative estimate of drug-likeness (QED) is 0.585. The van der Waals surface area contributed by atoms with Crippen LogP contribution < -0.4 is 0 Å². The van der Waals surface area contributed by atoms with Crippen molar-refractivity contribution in [2.24, 2.45) is 0 Å². The summed E-state index contributed by atoms with van der Waals surface area (Å²) in [6.45, 7) is 2.20. The zero-order chi connectivity index (χ0) is 17.2. The van der Waals surface area contributed by atoms with Crippen LogP contribution in [0.5, 0.6) is 0 Å². The molecule has 0 bridgehead atoms. The van der Waals surface area contributed by atoms with Crippen molar-refractivity contribution in [3.8, 4) is 11.1 Å². The van der Waals surface area contributed by atoms with Crippen LogP contribution in [0.15, 0.2) is 95.6 Å². The van der Waals surface area contributed by atoms with Crippen LogP contribution in [0.2, 0.25) is 0 Å². The zero-order valence-electron chi connectivity index (χ0n) is 14.4. The van der Waals surface area contributed by atoms with Crippen molar-refractivity contribution in [1.29, 1.82) is 0 Å². The lowest BCUT2D eigenvalue weighted by Crippen LogP contribution is -2.00. The third-order valence-corrected chi connectivity index (χ3v) is 5.09. The molecule has 1 unspecified atom stereocenters. The highest BCUT2D eigenvalue weighted by Crippen LogP contribution is 2.40. The maximum atomic E-state index is 14.8. The van der Waals surface area contributed by atoms with E-state index in [2.05, 4.69) is 43.4 Å². The van der Waals surface area contributed by atoms with E-state index >= 15 is 0 Å². The van der Waals surface area contributed by atoms with Gasteiger partial charge in [-0.2, -0.15) is 0 Å². The van der Waals surface area contributed by atoms with Gasteiger partial charge in [-0.05, 0) is 41.2 Å². The fourth-order valence-corrected chi connectivity index (χ4v) is 3.70. The zero-order valence-corrected chi connectivity index (χ0v) is 14.4. The SMILES string of the molecule is CCC1=CC2=C(C=CC=CC2c2ccc(-c3ccccc3)c(F)c2)C1. The first-order valence-electron chi connectivity index (χ1n) is 8.88. The van der Waals surface area contributed by atoms with E-state index in [1.807, 2.05) is 36.4 Å². The number of rotatable bonds is 3. The molecule has 4 rings (SSSR count). The van der Waals surface area contributed by atoms with E-state index in [4.69, 9.17) is 0 Å². The number of hydrogen-bond acceptors (Lipinski definition) is 0. The molecule has 0 saturated heterocycles. The van der Waals surface area contributed by atoms with E-state index in [-0.39, 0.29) is 11.7 Å². The minimum absolute atomic E-state index is 0.119. The van der Waals surface area contributed by atoms with Gasteiger partial charge < -0.3 is 0 Å². The molecule has 25 heavy (non-hydrogen) atoms. The monoisotopic (exact) mass is 328 g/mol. The van der Waals surface area contributed by atoms with E-state index in [0.29, 0.717) is 5.56 Å². The number of hydrogen-bond donors (Lipinski definition) is 0. The Bertz CT molecular complexity index is 910. The number of allylic oxidation sites excluding steroid dienone is 8. The highest BCUT2D eigenvalue weighted by atomic mass is 19.1. The molecule has 1 heteroatoms. The molecule has 0 aliphatic heterocycles. The molecule has 0 fully saturated rings. The van der Waals surface area contributed by atoms with Crippen molar-refractivity contribution in [3.05, 3.63) is 107 Å². The second-order valence-electron chi connectivity index (χ2n) is 6.64. The number of halogens is 1. The van der Waals surface area contributed by atoms with Gasteiger partial charge in [0.1, 0.15) is 5.82 Å².